The third kappa shape index (κ3) is 4.07. The van der Waals surface area contributed by atoms with Crippen LogP contribution in [0.1, 0.15) is 17.2 Å². The third-order valence-electron chi connectivity index (χ3n) is 2.98. The number of rotatable bonds is 6. The molecule has 0 heterocycles. The molecule has 0 aliphatic rings. The molecule has 0 amide bonds. The monoisotopic (exact) mass is 335 g/mol. The van der Waals surface area contributed by atoms with Crippen LogP contribution in [0.3, 0.4) is 0 Å². The molecule has 3 nitrogen and oxygen atoms in total. The average molecular weight is 336 g/mol. The molecule has 0 fully saturated rings. The van der Waals surface area contributed by atoms with Crippen LogP contribution in [0.4, 0.5) is 0 Å². The number of hydrogen-bond acceptors (Lipinski definition) is 3. The second-order valence-electron chi connectivity index (χ2n) is 4.52. The van der Waals surface area contributed by atoms with Gasteiger partial charge in [0.2, 0.25) is 0 Å². The minimum absolute atomic E-state index is 0.241. The number of benzene rings is 2. The minimum atomic E-state index is -0.618. The van der Waals surface area contributed by atoms with Crippen LogP contribution in [0, 0.1) is 0 Å². The summed E-state index contributed by atoms with van der Waals surface area (Å²) in [5.74, 6) is 0.758. The van der Waals surface area contributed by atoms with Gasteiger partial charge in [0.15, 0.2) is 0 Å². The maximum atomic E-state index is 10.1. The molecule has 1 atom stereocenters. The summed E-state index contributed by atoms with van der Waals surface area (Å²) in [4.78, 5) is 0. The number of hydrogen-bond donors (Lipinski definition) is 2. The van der Waals surface area contributed by atoms with Crippen LogP contribution in [0.25, 0.3) is 0 Å². The summed E-state index contributed by atoms with van der Waals surface area (Å²) in [5.41, 5.74) is 1.99. The summed E-state index contributed by atoms with van der Waals surface area (Å²) < 4.78 is 6.71. The van der Waals surface area contributed by atoms with E-state index >= 15 is 0 Å². The lowest BCUT2D eigenvalue weighted by atomic mass is 10.1. The van der Waals surface area contributed by atoms with E-state index in [0.717, 1.165) is 27.9 Å². The van der Waals surface area contributed by atoms with Gasteiger partial charge < -0.3 is 15.2 Å². The van der Waals surface area contributed by atoms with Crippen molar-refractivity contribution in [2.24, 2.45) is 0 Å². The molecule has 0 aliphatic heterocycles. The highest BCUT2D eigenvalue weighted by Crippen LogP contribution is 2.23. The van der Waals surface area contributed by atoms with Crippen LogP contribution in [0.5, 0.6) is 5.75 Å². The van der Waals surface area contributed by atoms with Crippen molar-refractivity contribution < 1.29 is 9.84 Å². The fourth-order valence-electron chi connectivity index (χ4n) is 1.91. The van der Waals surface area contributed by atoms with Gasteiger partial charge in [0.25, 0.3) is 0 Å². The van der Waals surface area contributed by atoms with Gasteiger partial charge in [-0.05, 0) is 36.4 Å². The largest absolute Gasteiger partial charge is 0.491 e. The molecular weight excluding hydrogens is 318 g/mol. The van der Waals surface area contributed by atoms with Crippen molar-refractivity contribution in [3.63, 3.8) is 0 Å². The van der Waals surface area contributed by atoms with Gasteiger partial charge in [-0.2, -0.15) is 0 Å². The maximum Gasteiger partial charge on any atom is 0.119 e. The molecule has 0 saturated heterocycles. The molecule has 106 valence electrons. The lowest BCUT2D eigenvalue weighted by molar-refractivity contribution is 0.108. The summed E-state index contributed by atoms with van der Waals surface area (Å²) in [6, 6.07) is 15.3. The van der Waals surface area contributed by atoms with E-state index in [1.54, 1.807) is 0 Å². The highest BCUT2D eigenvalue weighted by molar-refractivity contribution is 9.10. The SMILES string of the molecule is CNCc1cc(OCC(O)c2ccccc2)ccc1Br. The Kier molecular flexibility index (Phi) is 5.59. The maximum absolute atomic E-state index is 10.1. The zero-order valence-corrected chi connectivity index (χ0v) is 12.9. The Morgan fingerprint density at radius 2 is 1.95 bits per heavy atom. The van der Waals surface area contributed by atoms with E-state index in [1.807, 2.05) is 55.6 Å². The molecule has 1 unspecified atom stereocenters. The number of aliphatic hydroxyl groups excluding tert-OH is 1. The van der Waals surface area contributed by atoms with Gasteiger partial charge in [0, 0.05) is 11.0 Å². The first kappa shape index (κ1) is 15.0. The summed E-state index contributed by atoms with van der Waals surface area (Å²) in [7, 11) is 1.90. The Balaban J connectivity index is 1.98. The van der Waals surface area contributed by atoms with Crippen molar-refractivity contribution in [2.45, 2.75) is 12.6 Å². The van der Waals surface area contributed by atoms with Gasteiger partial charge in [-0.25, -0.2) is 0 Å². The summed E-state index contributed by atoms with van der Waals surface area (Å²) >= 11 is 3.50. The first-order chi connectivity index (χ1) is 9.70. The van der Waals surface area contributed by atoms with Crippen LogP contribution in [-0.2, 0) is 6.54 Å². The Labute approximate surface area is 127 Å². The van der Waals surface area contributed by atoms with Crippen molar-refractivity contribution in [3.05, 3.63) is 64.1 Å². The first-order valence-electron chi connectivity index (χ1n) is 6.49. The van der Waals surface area contributed by atoms with Crippen molar-refractivity contribution in [1.82, 2.24) is 5.32 Å². The minimum Gasteiger partial charge on any atom is -0.491 e. The number of nitrogens with one attached hydrogen (secondary N) is 1. The molecule has 0 aromatic heterocycles. The number of aliphatic hydroxyl groups is 1. The van der Waals surface area contributed by atoms with Gasteiger partial charge in [-0.1, -0.05) is 46.3 Å². The lowest BCUT2D eigenvalue weighted by Gasteiger charge is -2.14. The molecule has 2 N–H and O–H groups in total. The Morgan fingerprint density at radius 1 is 1.20 bits per heavy atom. The van der Waals surface area contributed by atoms with Crippen molar-refractivity contribution >= 4 is 15.9 Å². The average Bonchev–Trinajstić information content (AvgIpc) is 2.49. The van der Waals surface area contributed by atoms with E-state index in [1.165, 1.54) is 0 Å². The zero-order chi connectivity index (χ0) is 14.4. The van der Waals surface area contributed by atoms with Crippen molar-refractivity contribution in [2.75, 3.05) is 13.7 Å². The molecule has 2 aromatic rings. The number of halogens is 1. The summed E-state index contributed by atoms with van der Waals surface area (Å²) in [5, 5.41) is 13.2. The van der Waals surface area contributed by atoms with Crippen LogP contribution < -0.4 is 10.1 Å². The van der Waals surface area contributed by atoms with E-state index in [4.69, 9.17) is 4.74 Å². The predicted octanol–water partition coefficient (Wildman–Crippen LogP) is 3.28. The standard InChI is InChI=1S/C16H18BrNO2/c1-18-10-13-9-14(7-8-15(13)17)20-11-16(19)12-5-3-2-4-6-12/h2-9,16,18-19H,10-11H2,1H3. The molecule has 4 heteroatoms. The van der Waals surface area contributed by atoms with E-state index in [2.05, 4.69) is 21.2 Å². The van der Waals surface area contributed by atoms with Crippen molar-refractivity contribution in [1.29, 1.82) is 0 Å². The molecule has 0 aliphatic carbocycles. The van der Waals surface area contributed by atoms with Crippen LogP contribution in [0.2, 0.25) is 0 Å². The third-order valence-corrected chi connectivity index (χ3v) is 3.75. The normalized spacial score (nSPS) is 12.2. The second kappa shape index (κ2) is 7.43. The second-order valence-corrected chi connectivity index (χ2v) is 5.38. The lowest BCUT2D eigenvalue weighted by Crippen LogP contribution is -2.10. The topological polar surface area (TPSA) is 41.5 Å². The number of ether oxygens (including phenoxy) is 1. The highest BCUT2D eigenvalue weighted by atomic mass is 79.9. The fraction of sp³-hybridized carbons (Fsp3) is 0.250. The Hall–Kier alpha value is -1.36. The zero-order valence-electron chi connectivity index (χ0n) is 11.3. The predicted molar refractivity (Wildman–Crippen MR) is 83.8 cm³/mol. The highest BCUT2D eigenvalue weighted by Gasteiger charge is 2.08. The van der Waals surface area contributed by atoms with Crippen LogP contribution in [0.15, 0.2) is 53.0 Å². The molecule has 20 heavy (non-hydrogen) atoms. The van der Waals surface area contributed by atoms with Gasteiger partial charge >= 0.3 is 0 Å². The molecule has 0 bridgehead atoms. The molecular formula is C16H18BrNO2. The fourth-order valence-corrected chi connectivity index (χ4v) is 2.30. The summed E-state index contributed by atoms with van der Waals surface area (Å²) in [6.45, 7) is 1.00. The van der Waals surface area contributed by atoms with E-state index in [9.17, 15) is 5.11 Å². The smallest absolute Gasteiger partial charge is 0.119 e. The summed E-state index contributed by atoms with van der Waals surface area (Å²) in [6.07, 6.45) is -0.618. The molecule has 2 aromatic carbocycles. The van der Waals surface area contributed by atoms with Gasteiger partial charge in [-0.3, -0.25) is 0 Å². The van der Waals surface area contributed by atoms with Crippen LogP contribution in [-0.4, -0.2) is 18.8 Å². The van der Waals surface area contributed by atoms with Gasteiger partial charge in [0.05, 0.1) is 0 Å². The van der Waals surface area contributed by atoms with E-state index in [-0.39, 0.29) is 6.61 Å². The van der Waals surface area contributed by atoms with Gasteiger partial charge in [-0.15, -0.1) is 0 Å². The van der Waals surface area contributed by atoms with E-state index in [0.29, 0.717) is 0 Å². The van der Waals surface area contributed by atoms with E-state index < -0.39 is 6.10 Å². The Bertz CT molecular complexity index is 545. The first-order valence-corrected chi connectivity index (χ1v) is 7.29. The van der Waals surface area contributed by atoms with Gasteiger partial charge in [0.1, 0.15) is 18.5 Å². The van der Waals surface area contributed by atoms with Crippen LogP contribution >= 0.6 is 15.9 Å². The van der Waals surface area contributed by atoms with Crippen molar-refractivity contribution in [3.8, 4) is 5.75 Å². The molecule has 0 radical (unpaired) electrons. The Morgan fingerprint density at radius 3 is 2.65 bits per heavy atom. The molecule has 0 saturated carbocycles. The quantitative estimate of drug-likeness (QED) is 0.851. The molecule has 2 rings (SSSR count). The molecule has 0 spiro atoms.